The lowest BCUT2D eigenvalue weighted by Crippen LogP contribution is -2.12. The van der Waals surface area contributed by atoms with Gasteiger partial charge in [0, 0.05) is 11.1 Å². The van der Waals surface area contributed by atoms with Crippen molar-refractivity contribution in [1.29, 1.82) is 0 Å². The molecule has 0 fully saturated rings. The highest BCUT2D eigenvalue weighted by Gasteiger charge is 2.24. The maximum absolute atomic E-state index is 13.5. The molecular weight excluding hydrogens is 368 g/mol. The smallest absolute Gasteiger partial charge is 0.194 e. The van der Waals surface area contributed by atoms with E-state index >= 15 is 0 Å². The molecule has 2 aromatic carbocycles. The van der Waals surface area contributed by atoms with E-state index in [1.165, 1.54) is 0 Å². The summed E-state index contributed by atoms with van der Waals surface area (Å²) < 4.78 is 0. The number of ketones is 2. The second-order valence-corrected chi connectivity index (χ2v) is 8.07. The molecule has 0 atom stereocenters. The maximum atomic E-state index is 13.5. The molecule has 0 aliphatic heterocycles. The van der Waals surface area contributed by atoms with Crippen LogP contribution in [0.1, 0.15) is 36.1 Å². The van der Waals surface area contributed by atoms with E-state index in [4.69, 9.17) is 0 Å². The van der Waals surface area contributed by atoms with Gasteiger partial charge in [-0.2, -0.15) is 0 Å². The average Bonchev–Trinajstić information content (AvgIpc) is 2.73. The van der Waals surface area contributed by atoms with Crippen molar-refractivity contribution in [1.82, 2.24) is 0 Å². The van der Waals surface area contributed by atoms with E-state index in [0.29, 0.717) is 22.3 Å². The SMILES string of the molecule is CC1=CC(=C2C=C(c3ccc(C)cc3)C(=O)C(c3ccc(C)cc3)=C2)C=C(C)C1=O. The molecule has 0 radical (unpaired) electrons. The van der Waals surface area contributed by atoms with E-state index < -0.39 is 0 Å². The lowest BCUT2D eigenvalue weighted by atomic mass is 9.83. The minimum absolute atomic E-state index is 0.0142. The number of aryl methyl sites for hydroxylation is 2. The number of carbonyl (C=O) groups is 2. The molecule has 0 spiro atoms. The third-order valence-corrected chi connectivity index (χ3v) is 5.61. The van der Waals surface area contributed by atoms with Crippen LogP contribution < -0.4 is 0 Å². The van der Waals surface area contributed by atoms with Crippen molar-refractivity contribution in [3.05, 3.63) is 117 Å². The second kappa shape index (κ2) is 7.72. The quantitative estimate of drug-likeness (QED) is 0.616. The van der Waals surface area contributed by atoms with Gasteiger partial charge < -0.3 is 0 Å². The largest absolute Gasteiger partial charge is 0.289 e. The van der Waals surface area contributed by atoms with Gasteiger partial charge in [-0.1, -0.05) is 59.7 Å². The third-order valence-electron chi connectivity index (χ3n) is 5.61. The minimum Gasteiger partial charge on any atom is -0.289 e. The Hall–Kier alpha value is -3.52. The van der Waals surface area contributed by atoms with E-state index in [2.05, 4.69) is 0 Å². The molecule has 0 saturated heterocycles. The Morgan fingerprint density at radius 1 is 0.467 bits per heavy atom. The highest BCUT2D eigenvalue weighted by molar-refractivity contribution is 6.44. The second-order valence-electron chi connectivity index (χ2n) is 8.07. The number of allylic oxidation sites excluding steroid dienone is 10. The molecule has 0 aromatic heterocycles. The first-order valence-electron chi connectivity index (χ1n) is 10.1. The zero-order valence-electron chi connectivity index (χ0n) is 17.7. The molecule has 0 N–H and O–H groups in total. The molecule has 2 aliphatic carbocycles. The molecule has 2 aliphatic rings. The fourth-order valence-electron chi connectivity index (χ4n) is 3.81. The summed E-state index contributed by atoms with van der Waals surface area (Å²) in [6.07, 6.45) is 7.72. The summed E-state index contributed by atoms with van der Waals surface area (Å²) in [6.45, 7) is 7.74. The van der Waals surface area contributed by atoms with Gasteiger partial charge in [0.2, 0.25) is 0 Å². The van der Waals surface area contributed by atoms with Gasteiger partial charge in [-0.15, -0.1) is 0 Å². The Labute approximate surface area is 177 Å². The van der Waals surface area contributed by atoms with Crippen LogP contribution in [0.2, 0.25) is 0 Å². The summed E-state index contributed by atoms with van der Waals surface area (Å²) in [6, 6.07) is 16.1. The van der Waals surface area contributed by atoms with E-state index in [-0.39, 0.29) is 11.6 Å². The number of hydrogen-bond donors (Lipinski definition) is 0. The Morgan fingerprint density at radius 2 is 0.833 bits per heavy atom. The van der Waals surface area contributed by atoms with Crippen LogP contribution in [0.5, 0.6) is 0 Å². The molecular formula is C28H24O2. The van der Waals surface area contributed by atoms with Crippen LogP contribution in [0.4, 0.5) is 0 Å². The normalized spacial score (nSPS) is 16.8. The first-order chi connectivity index (χ1) is 14.3. The molecule has 2 aromatic rings. The summed E-state index contributed by atoms with van der Waals surface area (Å²) in [5, 5.41) is 0. The third kappa shape index (κ3) is 3.69. The lowest BCUT2D eigenvalue weighted by Gasteiger charge is -2.19. The van der Waals surface area contributed by atoms with Gasteiger partial charge in [-0.3, -0.25) is 9.59 Å². The monoisotopic (exact) mass is 392 g/mol. The van der Waals surface area contributed by atoms with Crippen LogP contribution in [0.15, 0.2) is 95.1 Å². The molecule has 2 heteroatoms. The van der Waals surface area contributed by atoms with Crippen LogP contribution in [0.3, 0.4) is 0 Å². The zero-order chi connectivity index (χ0) is 21.4. The summed E-state index contributed by atoms with van der Waals surface area (Å²) >= 11 is 0. The maximum Gasteiger partial charge on any atom is 0.194 e. The highest BCUT2D eigenvalue weighted by Crippen LogP contribution is 2.35. The number of carbonyl (C=O) groups excluding carboxylic acids is 2. The van der Waals surface area contributed by atoms with Crippen molar-refractivity contribution < 1.29 is 9.59 Å². The van der Waals surface area contributed by atoms with Crippen molar-refractivity contribution in [2.24, 2.45) is 0 Å². The Bertz CT molecular complexity index is 1120. The topological polar surface area (TPSA) is 34.1 Å². The van der Waals surface area contributed by atoms with Crippen molar-refractivity contribution in [2.45, 2.75) is 27.7 Å². The first kappa shape index (κ1) is 19.8. The highest BCUT2D eigenvalue weighted by atomic mass is 16.1. The van der Waals surface area contributed by atoms with Gasteiger partial charge in [0.05, 0.1) is 0 Å². The van der Waals surface area contributed by atoms with Crippen LogP contribution in [-0.2, 0) is 9.59 Å². The summed E-state index contributed by atoms with van der Waals surface area (Å²) in [5.74, 6) is 0.0806. The molecule has 30 heavy (non-hydrogen) atoms. The van der Waals surface area contributed by atoms with Gasteiger partial charge >= 0.3 is 0 Å². The molecule has 148 valence electrons. The number of rotatable bonds is 2. The predicted molar refractivity (Wildman–Crippen MR) is 123 cm³/mol. The zero-order valence-corrected chi connectivity index (χ0v) is 17.7. The summed E-state index contributed by atoms with van der Waals surface area (Å²) in [5.41, 5.74) is 8.75. The van der Waals surface area contributed by atoms with Gasteiger partial charge in [0.15, 0.2) is 11.6 Å². The van der Waals surface area contributed by atoms with E-state index in [1.54, 1.807) is 0 Å². The van der Waals surface area contributed by atoms with Crippen LogP contribution in [0.25, 0.3) is 11.1 Å². The van der Waals surface area contributed by atoms with E-state index in [0.717, 1.165) is 33.4 Å². The molecule has 0 heterocycles. The van der Waals surface area contributed by atoms with E-state index in [1.807, 2.05) is 101 Å². The summed E-state index contributed by atoms with van der Waals surface area (Å²) in [4.78, 5) is 25.7. The number of benzene rings is 2. The Balaban J connectivity index is 1.93. The van der Waals surface area contributed by atoms with Gasteiger partial charge in [-0.25, -0.2) is 0 Å². The molecule has 0 amide bonds. The van der Waals surface area contributed by atoms with E-state index in [9.17, 15) is 9.59 Å². The fourth-order valence-corrected chi connectivity index (χ4v) is 3.81. The molecule has 0 unspecified atom stereocenters. The Kier molecular flexibility index (Phi) is 5.09. The van der Waals surface area contributed by atoms with Crippen LogP contribution in [0, 0.1) is 13.8 Å². The molecule has 0 bridgehead atoms. The average molecular weight is 392 g/mol. The molecule has 4 rings (SSSR count). The summed E-state index contributed by atoms with van der Waals surface area (Å²) in [7, 11) is 0. The first-order valence-corrected chi connectivity index (χ1v) is 10.1. The van der Waals surface area contributed by atoms with Crippen molar-refractivity contribution in [3.8, 4) is 0 Å². The molecule has 0 saturated carbocycles. The number of hydrogen-bond acceptors (Lipinski definition) is 2. The predicted octanol–water partition coefficient (Wildman–Crippen LogP) is 6.13. The Morgan fingerprint density at radius 3 is 1.23 bits per heavy atom. The van der Waals surface area contributed by atoms with Crippen LogP contribution in [-0.4, -0.2) is 11.6 Å². The molecule has 2 nitrogen and oxygen atoms in total. The van der Waals surface area contributed by atoms with Crippen molar-refractivity contribution >= 4 is 22.7 Å². The van der Waals surface area contributed by atoms with Crippen molar-refractivity contribution in [3.63, 3.8) is 0 Å². The lowest BCUT2D eigenvalue weighted by molar-refractivity contribution is -0.112. The van der Waals surface area contributed by atoms with Gasteiger partial charge in [0.25, 0.3) is 0 Å². The minimum atomic E-state index is 0.0142. The fraction of sp³-hybridized carbons (Fsp3) is 0.143. The van der Waals surface area contributed by atoms with Crippen molar-refractivity contribution in [2.75, 3.05) is 0 Å². The van der Waals surface area contributed by atoms with Crippen LogP contribution >= 0.6 is 0 Å². The van der Waals surface area contributed by atoms with Gasteiger partial charge in [0.1, 0.15) is 0 Å². The van der Waals surface area contributed by atoms with Gasteiger partial charge in [-0.05, 0) is 85.4 Å². The number of Topliss-reactive ketones (excluding diaryl/α,β-unsaturated/α-hetero) is 2. The standard InChI is InChI=1S/C28H24O2/c1-17-5-9-21(10-6-17)25-15-24(23-13-19(3)27(29)20(4)14-23)16-26(28(25)30)22-11-7-18(2)8-12-22/h5-16H,1-4H3.